The maximum Gasteiger partial charge on any atom is 0.227 e. The van der Waals surface area contributed by atoms with Gasteiger partial charge in [-0.2, -0.15) is 0 Å². The number of nitrogens with zero attached hydrogens (tertiary/aromatic N) is 1. The maximum absolute atomic E-state index is 13.1. The van der Waals surface area contributed by atoms with Crippen LogP contribution in [0, 0.1) is 5.82 Å². The van der Waals surface area contributed by atoms with Crippen molar-refractivity contribution in [3.05, 3.63) is 46.7 Å². The van der Waals surface area contributed by atoms with E-state index in [1.54, 1.807) is 18.2 Å². The zero-order valence-electron chi connectivity index (χ0n) is 9.15. The van der Waals surface area contributed by atoms with Gasteiger partial charge >= 0.3 is 0 Å². The molecule has 3 nitrogen and oxygen atoms in total. The third-order valence-electron chi connectivity index (χ3n) is 2.52. The molecule has 0 aliphatic rings. The molecule has 2 aromatic carbocycles. The molecule has 3 rings (SSSR count). The van der Waals surface area contributed by atoms with E-state index in [9.17, 15) is 4.39 Å². The van der Waals surface area contributed by atoms with Crippen LogP contribution in [0.1, 0.15) is 0 Å². The van der Waals surface area contributed by atoms with Gasteiger partial charge in [0.15, 0.2) is 5.58 Å². The van der Waals surface area contributed by atoms with Crippen LogP contribution in [0.25, 0.3) is 22.6 Å². The van der Waals surface area contributed by atoms with Crippen LogP contribution in [0.2, 0.25) is 0 Å². The standard InChI is InChI=1S/C13H8BrFN2O/c14-8-3-7(4-10(16)5-8)13-17-11-2-1-9(15)6-12(11)18-13/h1-6H,16H2. The summed E-state index contributed by atoms with van der Waals surface area (Å²) in [5.74, 6) is 0.0718. The predicted octanol–water partition coefficient (Wildman–Crippen LogP) is 3.98. The number of nitrogen functional groups attached to an aromatic ring is 1. The number of fused-ring (bicyclic) bond motifs is 1. The van der Waals surface area contributed by atoms with E-state index < -0.39 is 0 Å². The van der Waals surface area contributed by atoms with Gasteiger partial charge in [0.1, 0.15) is 11.3 Å². The summed E-state index contributed by atoms with van der Waals surface area (Å²) in [5, 5.41) is 0. The number of rotatable bonds is 1. The van der Waals surface area contributed by atoms with E-state index in [0.717, 1.165) is 10.0 Å². The number of oxazole rings is 1. The van der Waals surface area contributed by atoms with Gasteiger partial charge in [0, 0.05) is 21.8 Å². The molecule has 0 bridgehead atoms. The molecular formula is C13H8BrFN2O. The summed E-state index contributed by atoms with van der Waals surface area (Å²) < 4.78 is 19.4. The molecule has 0 amide bonds. The van der Waals surface area contributed by atoms with Crippen LogP contribution in [-0.2, 0) is 0 Å². The minimum Gasteiger partial charge on any atom is -0.436 e. The van der Waals surface area contributed by atoms with E-state index in [1.165, 1.54) is 12.1 Å². The fraction of sp³-hybridized carbons (Fsp3) is 0. The van der Waals surface area contributed by atoms with E-state index in [4.69, 9.17) is 10.2 Å². The summed E-state index contributed by atoms with van der Waals surface area (Å²) in [7, 11) is 0. The second-order valence-electron chi connectivity index (χ2n) is 3.90. The molecule has 0 aliphatic carbocycles. The third-order valence-corrected chi connectivity index (χ3v) is 2.98. The van der Waals surface area contributed by atoms with E-state index >= 15 is 0 Å². The number of hydrogen-bond donors (Lipinski definition) is 1. The third kappa shape index (κ3) is 1.97. The molecule has 18 heavy (non-hydrogen) atoms. The van der Waals surface area contributed by atoms with E-state index in [2.05, 4.69) is 20.9 Å². The summed E-state index contributed by atoms with van der Waals surface area (Å²) >= 11 is 3.36. The molecule has 0 saturated carbocycles. The lowest BCUT2D eigenvalue weighted by Crippen LogP contribution is -1.86. The number of aromatic nitrogens is 1. The van der Waals surface area contributed by atoms with Gasteiger partial charge in [-0.1, -0.05) is 15.9 Å². The van der Waals surface area contributed by atoms with Crippen molar-refractivity contribution in [3.63, 3.8) is 0 Å². The van der Waals surface area contributed by atoms with Gasteiger partial charge in [-0.05, 0) is 30.3 Å². The van der Waals surface area contributed by atoms with Crippen molar-refractivity contribution in [1.82, 2.24) is 4.98 Å². The Kier molecular flexibility index (Phi) is 2.56. The Morgan fingerprint density at radius 3 is 2.78 bits per heavy atom. The van der Waals surface area contributed by atoms with Gasteiger partial charge in [0.2, 0.25) is 5.89 Å². The Morgan fingerprint density at radius 1 is 1.17 bits per heavy atom. The van der Waals surface area contributed by atoms with Gasteiger partial charge in [-0.15, -0.1) is 0 Å². The maximum atomic E-state index is 13.1. The first-order valence-corrected chi connectivity index (χ1v) is 6.04. The van der Waals surface area contributed by atoms with Crippen molar-refractivity contribution < 1.29 is 8.81 Å². The summed E-state index contributed by atoms with van der Waals surface area (Å²) in [6.07, 6.45) is 0. The normalized spacial score (nSPS) is 11.0. The van der Waals surface area contributed by atoms with Gasteiger partial charge in [0.25, 0.3) is 0 Å². The summed E-state index contributed by atoms with van der Waals surface area (Å²) in [6, 6.07) is 9.63. The molecule has 5 heteroatoms. The minimum atomic E-state index is -0.348. The molecule has 0 radical (unpaired) electrons. The van der Waals surface area contributed by atoms with Gasteiger partial charge in [-0.25, -0.2) is 9.37 Å². The van der Waals surface area contributed by atoms with Crippen LogP contribution >= 0.6 is 15.9 Å². The van der Waals surface area contributed by atoms with Crippen LogP contribution in [-0.4, -0.2) is 4.98 Å². The zero-order valence-corrected chi connectivity index (χ0v) is 10.7. The smallest absolute Gasteiger partial charge is 0.227 e. The highest BCUT2D eigenvalue weighted by atomic mass is 79.9. The Labute approximate surface area is 111 Å². The van der Waals surface area contributed by atoms with Crippen LogP contribution < -0.4 is 5.73 Å². The highest BCUT2D eigenvalue weighted by molar-refractivity contribution is 9.10. The first-order chi connectivity index (χ1) is 8.61. The summed E-state index contributed by atoms with van der Waals surface area (Å²) in [5.41, 5.74) is 8.14. The van der Waals surface area contributed by atoms with Gasteiger partial charge in [-0.3, -0.25) is 0 Å². The Hall–Kier alpha value is -1.88. The highest BCUT2D eigenvalue weighted by Gasteiger charge is 2.10. The molecule has 3 aromatic rings. The molecule has 90 valence electrons. The van der Waals surface area contributed by atoms with E-state index in [0.29, 0.717) is 22.7 Å². The molecule has 0 spiro atoms. The van der Waals surface area contributed by atoms with Crippen molar-refractivity contribution in [2.75, 3.05) is 5.73 Å². The number of hydrogen-bond acceptors (Lipinski definition) is 3. The van der Waals surface area contributed by atoms with Crippen molar-refractivity contribution in [1.29, 1.82) is 0 Å². The van der Waals surface area contributed by atoms with Crippen LogP contribution in [0.4, 0.5) is 10.1 Å². The summed E-state index contributed by atoms with van der Waals surface area (Å²) in [4.78, 5) is 4.30. The van der Waals surface area contributed by atoms with Crippen molar-refractivity contribution in [2.45, 2.75) is 0 Å². The molecule has 2 N–H and O–H groups in total. The van der Waals surface area contributed by atoms with Gasteiger partial charge < -0.3 is 10.2 Å². The zero-order chi connectivity index (χ0) is 12.7. The van der Waals surface area contributed by atoms with Crippen LogP contribution in [0.15, 0.2) is 45.3 Å². The molecular weight excluding hydrogens is 299 g/mol. The van der Waals surface area contributed by atoms with Crippen molar-refractivity contribution >= 4 is 32.7 Å². The lowest BCUT2D eigenvalue weighted by molar-refractivity contribution is 0.602. The van der Waals surface area contributed by atoms with Crippen LogP contribution in [0.3, 0.4) is 0 Å². The first-order valence-electron chi connectivity index (χ1n) is 5.24. The van der Waals surface area contributed by atoms with Gasteiger partial charge in [0.05, 0.1) is 0 Å². The fourth-order valence-electron chi connectivity index (χ4n) is 1.76. The average molecular weight is 307 g/mol. The molecule has 0 unspecified atom stereocenters. The number of nitrogens with two attached hydrogens (primary N) is 1. The molecule has 0 atom stereocenters. The monoisotopic (exact) mass is 306 g/mol. The Morgan fingerprint density at radius 2 is 2.00 bits per heavy atom. The number of halogens is 2. The lowest BCUT2D eigenvalue weighted by Gasteiger charge is -1.99. The first kappa shape index (κ1) is 11.2. The highest BCUT2D eigenvalue weighted by Crippen LogP contribution is 2.28. The molecule has 1 heterocycles. The molecule has 0 saturated heterocycles. The SMILES string of the molecule is Nc1cc(Br)cc(-c2nc3ccc(F)cc3o2)c1. The minimum absolute atomic E-state index is 0.348. The molecule has 0 fully saturated rings. The Balaban J connectivity index is 2.19. The largest absolute Gasteiger partial charge is 0.436 e. The van der Waals surface area contributed by atoms with E-state index in [1.807, 2.05) is 6.07 Å². The second-order valence-corrected chi connectivity index (χ2v) is 4.82. The average Bonchev–Trinajstić information content (AvgIpc) is 2.70. The van der Waals surface area contributed by atoms with Crippen molar-refractivity contribution in [3.8, 4) is 11.5 Å². The lowest BCUT2D eigenvalue weighted by atomic mass is 10.2. The molecule has 1 aromatic heterocycles. The molecule has 0 aliphatic heterocycles. The Bertz CT molecular complexity index is 719. The van der Waals surface area contributed by atoms with Crippen molar-refractivity contribution in [2.24, 2.45) is 0 Å². The number of anilines is 1. The quantitative estimate of drug-likeness (QED) is 0.692. The fourth-order valence-corrected chi connectivity index (χ4v) is 2.27. The number of benzene rings is 2. The predicted molar refractivity (Wildman–Crippen MR) is 71.5 cm³/mol. The topological polar surface area (TPSA) is 52.0 Å². The summed E-state index contributed by atoms with van der Waals surface area (Å²) in [6.45, 7) is 0. The van der Waals surface area contributed by atoms with E-state index in [-0.39, 0.29) is 5.82 Å². The van der Waals surface area contributed by atoms with Crippen LogP contribution in [0.5, 0.6) is 0 Å². The second kappa shape index (κ2) is 4.10.